The number of carbonyl (C=O) groups is 1. The Morgan fingerprint density at radius 3 is 2.47 bits per heavy atom. The normalized spacial score (nSPS) is 10.2. The number of alkyl halides is 1. The zero-order chi connectivity index (χ0) is 13.5. The van der Waals surface area contributed by atoms with E-state index in [1.807, 2.05) is 53.4 Å². The van der Waals surface area contributed by atoms with Crippen LogP contribution in [0.1, 0.15) is 6.42 Å². The van der Waals surface area contributed by atoms with Gasteiger partial charge in [0.2, 0.25) is 0 Å². The van der Waals surface area contributed by atoms with Crippen molar-refractivity contribution in [1.82, 2.24) is 9.88 Å². The number of rotatable bonds is 5. The molecule has 0 saturated carbocycles. The first kappa shape index (κ1) is 13.5. The fourth-order valence-electron chi connectivity index (χ4n) is 1.67. The lowest BCUT2D eigenvalue weighted by Gasteiger charge is -2.08. The van der Waals surface area contributed by atoms with Gasteiger partial charge in [-0.3, -0.25) is 0 Å². The molecule has 5 heteroatoms. The van der Waals surface area contributed by atoms with Gasteiger partial charge in [0.25, 0.3) is 0 Å². The highest BCUT2D eigenvalue weighted by Gasteiger charge is 2.01. The molecule has 0 bridgehead atoms. The number of halogens is 1. The van der Waals surface area contributed by atoms with Crippen LogP contribution in [0, 0.1) is 0 Å². The maximum Gasteiger partial charge on any atom is 0.319 e. The van der Waals surface area contributed by atoms with Crippen molar-refractivity contribution >= 4 is 23.3 Å². The molecule has 0 fully saturated rings. The van der Waals surface area contributed by atoms with E-state index in [1.165, 1.54) is 0 Å². The van der Waals surface area contributed by atoms with Gasteiger partial charge in [-0.1, -0.05) is 0 Å². The molecule has 0 saturated heterocycles. The number of amides is 2. The standard InChI is InChI=1S/C14H16ClN3O/c15-8-3-9-16-14(19)17-12-4-6-13(7-5-12)18-10-1-2-11-18/h1-2,4-7,10-11H,3,8-9H2,(H2,16,17,19). The van der Waals surface area contributed by atoms with E-state index in [0.717, 1.165) is 17.8 Å². The fraction of sp³-hybridized carbons (Fsp3) is 0.214. The van der Waals surface area contributed by atoms with Gasteiger partial charge in [0.15, 0.2) is 0 Å². The Morgan fingerprint density at radius 1 is 1.16 bits per heavy atom. The summed E-state index contributed by atoms with van der Waals surface area (Å²) in [5.41, 5.74) is 1.82. The fourth-order valence-corrected chi connectivity index (χ4v) is 1.80. The summed E-state index contributed by atoms with van der Waals surface area (Å²) in [7, 11) is 0. The van der Waals surface area contributed by atoms with Crippen molar-refractivity contribution in [2.24, 2.45) is 0 Å². The lowest BCUT2D eigenvalue weighted by Crippen LogP contribution is -2.29. The number of anilines is 1. The van der Waals surface area contributed by atoms with Crippen LogP contribution in [0.3, 0.4) is 0 Å². The van der Waals surface area contributed by atoms with E-state index in [1.54, 1.807) is 0 Å². The second kappa shape index (κ2) is 6.85. The van der Waals surface area contributed by atoms with Gasteiger partial charge in [0.1, 0.15) is 0 Å². The van der Waals surface area contributed by atoms with Crippen molar-refractivity contribution in [2.45, 2.75) is 6.42 Å². The molecule has 4 nitrogen and oxygen atoms in total. The topological polar surface area (TPSA) is 46.1 Å². The first-order chi connectivity index (χ1) is 9.29. The third kappa shape index (κ3) is 4.03. The molecule has 0 aliphatic carbocycles. The molecule has 2 N–H and O–H groups in total. The number of hydrogen-bond acceptors (Lipinski definition) is 1. The Balaban J connectivity index is 1.90. The number of carbonyl (C=O) groups excluding carboxylic acids is 1. The second-order valence-corrected chi connectivity index (χ2v) is 4.44. The predicted octanol–water partition coefficient (Wildman–Crippen LogP) is 3.23. The molecule has 100 valence electrons. The molecule has 1 heterocycles. The molecular weight excluding hydrogens is 262 g/mol. The van der Waals surface area contributed by atoms with Gasteiger partial charge in [0, 0.05) is 36.2 Å². The Labute approximate surface area is 117 Å². The minimum atomic E-state index is -0.209. The molecule has 0 atom stereocenters. The van der Waals surface area contributed by atoms with Gasteiger partial charge < -0.3 is 15.2 Å². The van der Waals surface area contributed by atoms with Crippen molar-refractivity contribution in [2.75, 3.05) is 17.7 Å². The summed E-state index contributed by atoms with van der Waals surface area (Å²) >= 11 is 5.54. The van der Waals surface area contributed by atoms with Crippen molar-refractivity contribution in [3.8, 4) is 5.69 Å². The summed E-state index contributed by atoms with van der Waals surface area (Å²) < 4.78 is 2.00. The van der Waals surface area contributed by atoms with Gasteiger partial charge >= 0.3 is 6.03 Å². The average molecular weight is 278 g/mol. The minimum absolute atomic E-state index is 0.209. The van der Waals surface area contributed by atoms with E-state index in [9.17, 15) is 4.79 Å². The first-order valence-corrected chi connectivity index (χ1v) is 6.67. The van der Waals surface area contributed by atoms with Gasteiger partial charge in [-0.25, -0.2) is 4.79 Å². The van der Waals surface area contributed by atoms with Crippen LogP contribution in [0.25, 0.3) is 5.69 Å². The molecule has 19 heavy (non-hydrogen) atoms. The molecule has 2 aromatic rings. The van der Waals surface area contributed by atoms with Gasteiger partial charge in [-0.15, -0.1) is 11.6 Å². The molecule has 1 aromatic carbocycles. The van der Waals surface area contributed by atoms with Gasteiger partial charge in [-0.05, 0) is 42.8 Å². The zero-order valence-electron chi connectivity index (χ0n) is 10.5. The summed E-state index contributed by atoms with van der Waals surface area (Å²) in [5, 5.41) is 5.51. The molecule has 1 aromatic heterocycles. The lowest BCUT2D eigenvalue weighted by molar-refractivity contribution is 0.252. The van der Waals surface area contributed by atoms with E-state index in [4.69, 9.17) is 11.6 Å². The van der Waals surface area contributed by atoms with E-state index in [2.05, 4.69) is 10.6 Å². The lowest BCUT2D eigenvalue weighted by atomic mass is 10.3. The summed E-state index contributed by atoms with van der Waals surface area (Å²) in [6, 6.07) is 11.4. The summed E-state index contributed by atoms with van der Waals surface area (Å²) in [4.78, 5) is 11.5. The number of nitrogens with zero attached hydrogens (tertiary/aromatic N) is 1. The zero-order valence-corrected chi connectivity index (χ0v) is 11.2. The molecule has 0 unspecified atom stereocenters. The van der Waals surface area contributed by atoms with E-state index in [-0.39, 0.29) is 6.03 Å². The third-order valence-corrected chi connectivity index (χ3v) is 2.89. The van der Waals surface area contributed by atoms with Crippen molar-refractivity contribution in [1.29, 1.82) is 0 Å². The van der Waals surface area contributed by atoms with Crippen LogP contribution in [0.5, 0.6) is 0 Å². The van der Waals surface area contributed by atoms with Crippen LogP contribution in [0.2, 0.25) is 0 Å². The molecule has 0 spiro atoms. The highest BCUT2D eigenvalue weighted by molar-refractivity contribution is 6.17. The average Bonchev–Trinajstić information content (AvgIpc) is 2.94. The van der Waals surface area contributed by atoms with Crippen molar-refractivity contribution in [3.05, 3.63) is 48.8 Å². The summed E-state index contributed by atoms with van der Waals surface area (Å²) in [5.74, 6) is 0.547. The maximum atomic E-state index is 11.5. The van der Waals surface area contributed by atoms with Gasteiger partial charge in [0.05, 0.1) is 0 Å². The van der Waals surface area contributed by atoms with Crippen molar-refractivity contribution in [3.63, 3.8) is 0 Å². The number of nitrogens with one attached hydrogen (secondary N) is 2. The second-order valence-electron chi connectivity index (χ2n) is 4.06. The highest BCUT2D eigenvalue weighted by Crippen LogP contribution is 2.13. The van der Waals surface area contributed by atoms with Crippen LogP contribution in [0.15, 0.2) is 48.8 Å². The number of urea groups is 1. The number of benzene rings is 1. The largest absolute Gasteiger partial charge is 0.338 e. The van der Waals surface area contributed by atoms with Crippen LogP contribution >= 0.6 is 11.6 Å². The van der Waals surface area contributed by atoms with E-state index in [0.29, 0.717) is 12.4 Å². The van der Waals surface area contributed by atoms with Crippen LogP contribution < -0.4 is 10.6 Å². The minimum Gasteiger partial charge on any atom is -0.338 e. The van der Waals surface area contributed by atoms with Crippen molar-refractivity contribution < 1.29 is 4.79 Å². The molecule has 0 aliphatic rings. The smallest absolute Gasteiger partial charge is 0.319 e. The van der Waals surface area contributed by atoms with Crippen LogP contribution in [-0.2, 0) is 0 Å². The predicted molar refractivity (Wildman–Crippen MR) is 78.1 cm³/mol. The molecule has 0 aliphatic heterocycles. The molecule has 2 rings (SSSR count). The first-order valence-electron chi connectivity index (χ1n) is 6.14. The summed E-state index contributed by atoms with van der Waals surface area (Å²) in [6.07, 6.45) is 4.71. The maximum absolute atomic E-state index is 11.5. The van der Waals surface area contributed by atoms with Gasteiger partial charge in [-0.2, -0.15) is 0 Å². The quantitative estimate of drug-likeness (QED) is 0.640. The van der Waals surface area contributed by atoms with E-state index >= 15 is 0 Å². The molecule has 0 radical (unpaired) electrons. The Morgan fingerprint density at radius 2 is 1.84 bits per heavy atom. The molecule has 2 amide bonds. The number of aromatic nitrogens is 1. The highest BCUT2D eigenvalue weighted by atomic mass is 35.5. The summed E-state index contributed by atoms with van der Waals surface area (Å²) in [6.45, 7) is 0.580. The Kier molecular flexibility index (Phi) is 4.86. The Hall–Kier alpha value is -1.94. The third-order valence-electron chi connectivity index (χ3n) is 2.62. The molecular formula is C14H16ClN3O. The Bertz CT molecular complexity index is 508. The number of hydrogen-bond donors (Lipinski definition) is 2. The SMILES string of the molecule is O=C(NCCCCl)Nc1ccc(-n2cccc2)cc1. The van der Waals surface area contributed by atoms with E-state index < -0.39 is 0 Å². The monoisotopic (exact) mass is 277 g/mol. The van der Waals surface area contributed by atoms with Crippen LogP contribution in [0.4, 0.5) is 10.5 Å². The van der Waals surface area contributed by atoms with Crippen LogP contribution in [-0.4, -0.2) is 23.0 Å².